The first kappa shape index (κ1) is 17.0. The van der Waals surface area contributed by atoms with Gasteiger partial charge in [-0.3, -0.25) is 14.7 Å². The van der Waals surface area contributed by atoms with Crippen LogP contribution in [0.2, 0.25) is 0 Å². The van der Waals surface area contributed by atoms with E-state index in [9.17, 15) is 9.59 Å². The summed E-state index contributed by atoms with van der Waals surface area (Å²) in [6.45, 7) is 5.93. The lowest BCUT2D eigenvalue weighted by Crippen LogP contribution is -2.43. The number of imide groups is 1. The minimum absolute atomic E-state index is 0.139. The summed E-state index contributed by atoms with van der Waals surface area (Å²) >= 11 is 0. The van der Waals surface area contributed by atoms with Crippen LogP contribution in [-0.4, -0.2) is 34.5 Å². The number of allylic oxidation sites excluding steroid dienone is 2. The molecule has 1 N–H and O–H groups in total. The van der Waals surface area contributed by atoms with Gasteiger partial charge in [-0.2, -0.15) is 0 Å². The van der Waals surface area contributed by atoms with E-state index in [1.165, 1.54) is 10.5 Å². The van der Waals surface area contributed by atoms with Crippen molar-refractivity contribution in [2.45, 2.75) is 45.7 Å². The van der Waals surface area contributed by atoms with Gasteiger partial charge < -0.3 is 10.1 Å². The zero-order valence-electron chi connectivity index (χ0n) is 14.0. The fourth-order valence-electron chi connectivity index (χ4n) is 2.54. The predicted octanol–water partition coefficient (Wildman–Crippen LogP) is 2.65. The van der Waals surface area contributed by atoms with Crippen LogP contribution in [-0.2, 0) is 11.3 Å². The number of hydrogen-bond donors (Lipinski definition) is 1. The second kappa shape index (κ2) is 6.81. The molecule has 2 rings (SSSR count). The first-order valence-corrected chi connectivity index (χ1v) is 7.62. The smallest absolute Gasteiger partial charge is 0.325 e. The van der Waals surface area contributed by atoms with Gasteiger partial charge in [0, 0.05) is 12.3 Å². The third kappa shape index (κ3) is 3.88. The van der Waals surface area contributed by atoms with Crippen LogP contribution in [0.5, 0.6) is 5.75 Å². The molecule has 23 heavy (non-hydrogen) atoms. The Morgan fingerprint density at radius 2 is 2.17 bits per heavy atom. The average molecular weight is 317 g/mol. The second-order valence-electron chi connectivity index (χ2n) is 6.16. The van der Waals surface area contributed by atoms with Crippen molar-refractivity contribution in [2.24, 2.45) is 0 Å². The Hall–Kier alpha value is -2.37. The standard InChI is InChI=1S/C17H23N3O3/c1-12(2)6-5-8-17(3)15(21)20(16(22)19-17)11-13-10-14(23-4)7-9-18-13/h6-7,9-10H,5,8,11H2,1-4H3,(H,19,22). The quantitative estimate of drug-likeness (QED) is 0.647. The molecule has 0 bridgehead atoms. The number of carbonyl (C=O) groups is 2. The lowest BCUT2D eigenvalue weighted by atomic mass is 9.95. The molecule has 1 unspecified atom stereocenters. The summed E-state index contributed by atoms with van der Waals surface area (Å²) in [6, 6.07) is 3.07. The predicted molar refractivity (Wildman–Crippen MR) is 86.9 cm³/mol. The highest BCUT2D eigenvalue weighted by molar-refractivity contribution is 6.06. The molecule has 0 radical (unpaired) electrons. The normalized spacial score (nSPS) is 20.4. The third-order valence-corrected chi connectivity index (χ3v) is 3.89. The number of nitrogens with one attached hydrogen (secondary N) is 1. The van der Waals surface area contributed by atoms with Crippen LogP contribution in [0.15, 0.2) is 30.0 Å². The van der Waals surface area contributed by atoms with Gasteiger partial charge in [0.1, 0.15) is 11.3 Å². The van der Waals surface area contributed by atoms with Crippen molar-refractivity contribution in [3.8, 4) is 5.75 Å². The topological polar surface area (TPSA) is 71.5 Å². The van der Waals surface area contributed by atoms with Gasteiger partial charge >= 0.3 is 6.03 Å². The van der Waals surface area contributed by atoms with E-state index >= 15 is 0 Å². The van der Waals surface area contributed by atoms with E-state index in [2.05, 4.69) is 16.4 Å². The Bertz CT molecular complexity index is 638. The van der Waals surface area contributed by atoms with Gasteiger partial charge in [-0.1, -0.05) is 11.6 Å². The molecule has 2 heterocycles. The van der Waals surface area contributed by atoms with E-state index in [4.69, 9.17) is 4.74 Å². The summed E-state index contributed by atoms with van der Waals surface area (Å²) in [5, 5.41) is 2.80. The van der Waals surface area contributed by atoms with Gasteiger partial charge in [-0.25, -0.2) is 4.79 Å². The number of carbonyl (C=O) groups excluding carboxylic acids is 2. The van der Waals surface area contributed by atoms with Crippen molar-refractivity contribution in [2.75, 3.05) is 7.11 Å². The maximum absolute atomic E-state index is 12.6. The Kier molecular flexibility index (Phi) is 5.03. The van der Waals surface area contributed by atoms with E-state index in [1.807, 2.05) is 13.8 Å². The number of methoxy groups -OCH3 is 1. The van der Waals surface area contributed by atoms with Gasteiger partial charge in [0.15, 0.2) is 0 Å². The molecule has 6 heteroatoms. The summed E-state index contributed by atoms with van der Waals surface area (Å²) in [6.07, 6.45) is 4.98. The summed E-state index contributed by atoms with van der Waals surface area (Å²) in [4.78, 5) is 30.2. The Morgan fingerprint density at radius 1 is 1.43 bits per heavy atom. The molecule has 0 saturated carbocycles. The number of hydrogen-bond acceptors (Lipinski definition) is 4. The van der Waals surface area contributed by atoms with Crippen molar-refractivity contribution in [3.05, 3.63) is 35.7 Å². The summed E-state index contributed by atoms with van der Waals surface area (Å²) in [5.41, 5.74) is 0.950. The van der Waals surface area contributed by atoms with Gasteiger partial charge in [0.05, 0.1) is 19.3 Å². The lowest BCUT2D eigenvalue weighted by Gasteiger charge is -2.21. The number of aromatic nitrogens is 1. The first-order chi connectivity index (χ1) is 10.9. The molecule has 0 spiro atoms. The zero-order chi connectivity index (χ0) is 17.0. The van der Waals surface area contributed by atoms with Gasteiger partial charge in [0.2, 0.25) is 0 Å². The highest BCUT2D eigenvalue weighted by Gasteiger charge is 2.47. The van der Waals surface area contributed by atoms with Crippen LogP contribution in [0.3, 0.4) is 0 Å². The van der Waals surface area contributed by atoms with Crippen LogP contribution in [0.4, 0.5) is 4.79 Å². The molecule has 1 aromatic heterocycles. The molecule has 1 aliphatic rings. The van der Waals surface area contributed by atoms with E-state index in [0.717, 1.165) is 6.42 Å². The van der Waals surface area contributed by atoms with Crippen LogP contribution >= 0.6 is 0 Å². The van der Waals surface area contributed by atoms with Crippen LogP contribution in [0, 0.1) is 0 Å². The molecule has 1 fully saturated rings. The van der Waals surface area contributed by atoms with Crippen LogP contribution in [0.25, 0.3) is 0 Å². The highest BCUT2D eigenvalue weighted by atomic mass is 16.5. The van der Waals surface area contributed by atoms with Gasteiger partial charge in [0.25, 0.3) is 5.91 Å². The average Bonchev–Trinajstić information content (AvgIpc) is 2.71. The fraction of sp³-hybridized carbons (Fsp3) is 0.471. The van der Waals surface area contributed by atoms with Crippen molar-refractivity contribution in [1.82, 2.24) is 15.2 Å². The summed E-state index contributed by atoms with van der Waals surface area (Å²) in [7, 11) is 1.56. The third-order valence-electron chi connectivity index (χ3n) is 3.89. The first-order valence-electron chi connectivity index (χ1n) is 7.62. The highest BCUT2D eigenvalue weighted by Crippen LogP contribution is 2.25. The number of urea groups is 1. The van der Waals surface area contributed by atoms with E-state index in [0.29, 0.717) is 17.9 Å². The number of pyridine rings is 1. The molecular weight excluding hydrogens is 294 g/mol. The Morgan fingerprint density at radius 3 is 2.83 bits per heavy atom. The molecular formula is C17H23N3O3. The van der Waals surface area contributed by atoms with Crippen molar-refractivity contribution in [1.29, 1.82) is 0 Å². The van der Waals surface area contributed by atoms with Gasteiger partial charge in [-0.05, 0) is 39.7 Å². The van der Waals surface area contributed by atoms with E-state index in [1.54, 1.807) is 32.4 Å². The Labute approximate surface area is 136 Å². The zero-order valence-corrected chi connectivity index (χ0v) is 14.0. The Balaban J connectivity index is 2.10. The van der Waals surface area contributed by atoms with Crippen LogP contribution in [0.1, 0.15) is 39.3 Å². The molecule has 0 aliphatic carbocycles. The van der Waals surface area contributed by atoms with Gasteiger partial charge in [-0.15, -0.1) is 0 Å². The monoisotopic (exact) mass is 317 g/mol. The second-order valence-corrected chi connectivity index (χ2v) is 6.16. The number of rotatable bonds is 6. The molecule has 0 aromatic carbocycles. The molecule has 3 amide bonds. The summed E-state index contributed by atoms with van der Waals surface area (Å²) in [5.74, 6) is 0.433. The van der Waals surface area contributed by atoms with Crippen molar-refractivity contribution < 1.29 is 14.3 Å². The summed E-state index contributed by atoms with van der Waals surface area (Å²) < 4.78 is 5.14. The maximum Gasteiger partial charge on any atom is 0.325 e. The van der Waals surface area contributed by atoms with Crippen LogP contribution < -0.4 is 10.1 Å². The van der Waals surface area contributed by atoms with E-state index in [-0.39, 0.29) is 18.5 Å². The fourth-order valence-corrected chi connectivity index (χ4v) is 2.54. The molecule has 1 atom stereocenters. The number of ether oxygens (including phenoxy) is 1. The van der Waals surface area contributed by atoms with E-state index < -0.39 is 5.54 Å². The minimum Gasteiger partial charge on any atom is -0.497 e. The maximum atomic E-state index is 12.6. The molecule has 124 valence electrons. The molecule has 1 aromatic rings. The molecule has 1 saturated heterocycles. The largest absolute Gasteiger partial charge is 0.497 e. The number of amides is 3. The molecule has 1 aliphatic heterocycles. The SMILES string of the molecule is COc1ccnc(CN2C(=O)NC(C)(CCC=C(C)C)C2=O)c1. The molecule has 6 nitrogen and oxygen atoms in total. The van der Waals surface area contributed by atoms with Crippen molar-refractivity contribution in [3.63, 3.8) is 0 Å². The lowest BCUT2D eigenvalue weighted by molar-refractivity contribution is -0.131. The van der Waals surface area contributed by atoms with Crippen molar-refractivity contribution >= 4 is 11.9 Å². The minimum atomic E-state index is -0.859. The number of nitrogens with zero attached hydrogens (tertiary/aromatic N) is 2.